The van der Waals surface area contributed by atoms with E-state index < -0.39 is 0 Å². The van der Waals surface area contributed by atoms with Crippen LogP contribution in [0.2, 0.25) is 0 Å². The summed E-state index contributed by atoms with van der Waals surface area (Å²) < 4.78 is 7.75. The number of fused-ring (bicyclic) bond motifs is 1. The van der Waals surface area contributed by atoms with E-state index in [-0.39, 0.29) is 18.1 Å². The minimum Gasteiger partial charge on any atom is -0.372 e. The van der Waals surface area contributed by atoms with Gasteiger partial charge in [-0.15, -0.1) is 0 Å². The van der Waals surface area contributed by atoms with Crippen LogP contribution in [0.25, 0.3) is 16.2 Å². The summed E-state index contributed by atoms with van der Waals surface area (Å²) in [5.41, 5.74) is 2.97. The number of benzene rings is 1. The molecule has 1 aromatic carbocycles. The van der Waals surface area contributed by atoms with Gasteiger partial charge in [-0.1, -0.05) is 41.7 Å². The van der Waals surface area contributed by atoms with Crippen LogP contribution in [0.5, 0.6) is 0 Å². The summed E-state index contributed by atoms with van der Waals surface area (Å²) in [5.74, 6) is 0.0799. The summed E-state index contributed by atoms with van der Waals surface area (Å²) in [5, 5.41) is 0. The molecule has 3 aromatic rings. The number of carbonyl (C=O) groups is 1. The van der Waals surface area contributed by atoms with Crippen molar-refractivity contribution in [3.8, 4) is 11.3 Å². The van der Waals surface area contributed by atoms with Gasteiger partial charge in [-0.25, -0.2) is 4.98 Å². The average molecular weight is 355 g/mol. The normalized spacial score (nSPS) is 21.0. The highest BCUT2D eigenvalue weighted by Gasteiger charge is 2.29. The molecule has 130 valence electrons. The molecule has 0 radical (unpaired) electrons. The molecule has 1 aliphatic rings. The first-order chi connectivity index (χ1) is 12.0. The predicted molar refractivity (Wildman–Crippen MR) is 99.2 cm³/mol. The van der Waals surface area contributed by atoms with Gasteiger partial charge >= 0.3 is 0 Å². The van der Waals surface area contributed by atoms with Gasteiger partial charge in [0.2, 0.25) is 0 Å². The van der Waals surface area contributed by atoms with E-state index in [1.807, 2.05) is 66.6 Å². The maximum Gasteiger partial charge on any atom is 0.266 e. The topological polar surface area (TPSA) is 46.8 Å². The molecule has 6 heteroatoms. The van der Waals surface area contributed by atoms with Crippen LogP contribution >= 0.6 is 11.3 Å². The van der Waals surface area contributed by atoms with Crippen LogP contribution in [-0.2, 0) is 4.74 Å². The largest absolute Gasteiger partial charge is 0.372 e. The lowest BCUT2D eigenvalue weighted by atomic mass is 10.2. The number of hydrogen-bond acceptors (Lipinski definition) is 4. The molecule has 1 saturated heterocycles. The van der Waals surface area contributed by atoms with Crippen LogP contribution in [-0.4, -0.2) is 45.5 Å². The molecular weight excluding hydrogens is 334 g/mol. The number of nitrogens with zero attached hydrogens (tertiary/aromatic N) is 3. The van der Waals surface area contributed by atoms with Crippen molar-refractivity contribution in [3.05, 3.63) is 47.1 Å². The molecule has 0 aliphatic carbocycles. The van der Waals surface area contributed by atoms with Crippen molar-refractivity contribution >= 4 is 22.2 Å². The Morgan fingerprint density at radius 2 is 1.88 bits per heavy atom. The maximum absolute atomic E-state index is 13.0. The zero-order valence-corrected chi connectivity index (χ0v) is 15.4. The summed E-state index contributed by atoms with van der Waals surface area (Å²) >= 11 is 1.46. The Balaban J connectivity index is 1.66. The second kappa shape index (κ2) is 6.28. The third-order valence-electron chi connectivity index (χ3n) is 4.53. The predicted octanol–water partition coefficient (Wildman–Crippen LogP) is 3.62. The molecule has 1 amide bonds. The number of ether oxygens (including phenoxy) is 1. The van der Waals surface area contributed by atoms with Gasteiger partial charge in [0, 0.05) is 30.5 Å². The van der Waals surface area contributed by atoms with E-state index in [1.165, 1.54) is 11.3 Å². The molecule has 0 bridgehead atoms. The van der Waals surface area contributed by atoms with Crippen molar-refractivity contribution in [3.63, 3.8) is 0 Å². The van der Waals surface area contributed by atoms with Crippen molar-refractivity contribution < 1.29 is 9.53 Å². The first kappa shape index (κ1) is 16.3. The van der Waals surface area contributed by atoms with Crippen molar-refractivity contribution in [2.45, 2.75) is 33.0 Å². The molecule has 25 heavy (non-hydrogen) atoms. The Kier molecular flexibility index (Phi) is 4.09. The Morgan fingerprint density at radius 3 is 2.52 bits per heavy atom. The highest BCUT2D eigenvalue weighted by atomic mass is 32.1. The highest BCUT2D eigenvalue weighted by molar-refractivity contribution is 7.19. The molecule has 5 nitrogen and oxygen atoms in total. The standard InChI is InChI=1S/C19H21N3O2S/c1-12-9-21(10-13(2)24-12)18(23)17-14(3)22-11-16(20-19(22)25-17)15-7-5-4-6-8-15/h4-8,11-13H,9-10H2,1-3H3/t12-,13-/m1/s1. The SMILES string of the molecule is Cc1c(C(=O)N2C[C@@H](C)O[C@H](C)C2)sc2nc(-c3ccccc3)cn12. The van der Waals surface area contributed by atoms with E-state index in [2.05, 4.69) is 0 Å². The van der Waals surface area contributed by atoms with Crippen LogP contribution in [0, 0.1) is 6.92 Å². The lowest BCUT2D eigenvalue weighted by Crippen LogP contribution is -2.48. The number of aromatic nitrogens is 2. The minimum atomic E-state index is 0.0711. The van der Waals surface area contributed by atoms with E-state index in [4.69, 9.17) is 9.72 Å². The van der Waals surface area contributed by atoms with Crippen LogP contribution in [0.4, 0.5) is 0 Å². The molecule has 2 atom stereocenters. The van der Waals surface area contributed by atoms with Crippen molar-refractivity contribution in [1.82, 2.24) is 14.3 Å². The number of imidazole rings is 1. The lowest BCUT2D eigenvalue weighted by molar-refractivity contribution is -0.0585. The van der Waals surface area contributed by atoms with Crippen LogP contribution < -0.4 is 0 Å². The zero-order chi connectivity index (χ0) is 17.6. The smallest absolute Gasteiger partial charge is 0.266 e. The van der Waals surface area contributed by atoms with Crippen LogP contribution in [0.15, 0.2) is 36.5 Å². The fraction of sp³-hybridized carbons (Fsp3) is 0.368. The molecule has 2 aromatic heterocycles. The number of rotatable bonds is 2. The molecule has 4 rings (SSSR count). The number of morpholine rings is 1. The van der Waals surface area contributed by atoms with Crippen LogP contribution in [0.3, 0.4) is 0 Å². The summed E-state index contributed by atoms with van der Waals surface area (Å²) in [6, 6.07) is 10.1. The lowest BCUT2D eigenvalue weighted by Gasteiger charge is -2.35. The Morgan fingerprint density at radius 1 is 1.20 bits per heavy atom. The fourth-order valence-electron chi connectivity index (χ4n) is 3.38. The van der Waals surface area contributed by atoms with Gasteiger partial charge in [0.15, 0.2) is 4.96 Å². The summed E-state index contributed by atoms with van der Waals surface area (Å²) in [6.07, 6.45) is 2.15. The van der Waals surface area contributed by atoms with Gasteiger partial charge in [0.05, 0.1) is 17.9 Å². The molecule has 3 heterocycles. The first-order valence-corrected chi connectivity index (χ1v) is 9.33. The van der Waals surface area contributed by atoms with Crippen molar-refractivity contribution in [2.75, 3.05) is 13.1 Å². The molecule has 0 N–H and O–H groups in total. The van der Waals surface area contributed by atoms with Gasteiger partial charge in [-0.05, 0) is 20.8 Å². The average Bonchev–Trinajstić information content (AvgIpc) is 3.14. The quantitative estimate of drug-likeness (QED) is 0.705. The third kappa shape index (κ3) is 2.96. The molecule has 1 fully saturated rings. The van der Waals surface area contributed by atoms with E-state index in [0.29, 0.717) is 13.1 Å². The van der Waals surface area contributed by atoms with E-state index in [9.17, 15) is 4.79 Å². The molecular formula is C19H21N3O2S. The first-order valence-electron chi connectivity index (χ1n) is 8.51. The van der Waals surface area contributed by atoms with Gasteiger partial charge in [-0.3, -0.25) is 9.20 Å². The second-order valence-corrected chi connectivity index (χ2v) is 7.61. The monoisotopic (exact) mass is 355 g/mol. The third-order valence-corrected chi connectivity index (χ3v) is 5.67. The number of amides is 1. The molecule has 1 aliphatic heterocycles. The summed E-state index contributed by atoms with van der Waals surface area (Å²) in [6.45, 7) is 7.28. The number of hydrogen-bond donors (Lipinski definition) is 0. The number of aryl methyl sites for hydroxylation is 1. The van der Waals surface area contributed by atoms with Gasteiger partial charge in [0.25, 0.3) is 5.91 Å². The van der Waals surface area contributed by atoms with Crippen molar-refractivity contribution in [1.29, 1.82) is 0 Å². The van der Waals surface area contributed by atoms with Gasteiger partial charge in [0.1, 0.15) is 4.88 Å². The fourth-order valence-corrected chi connectivity index (χ4v) is 4.46. The summed E-state index contributed by atoms with van der Waals surface area (Å²) in [4.78, 5) is 21.2. The van der Waals surface area contributed by atoms with Gasteiger partial charge < -0.3 is 9.64 Å². The van der Waals surface area contributed by atoms with Gasteiger partial charge in [-0.2, -0.15) is 0 Å². The number of thiazole rings is 1. The van der Waals surface area contributed by atoms with E-state index in [1.54, 1.807) is 0 Å². The zero-order valence-electron chi connectivity index (χ0n) is 14.6. The Bertz CT molecular complexity index is 906. The Hall–Kier alpha value is -2.18. The highest BCUT2D eigenvalue weighted by Crippen LogP contribution is 2.28. The maximum atomic E-state index is 13.0. The molecule has 0 unspecified atom stereocenters. The molecule has 0 saturated carbocycles. The number of carbonyl (C=O) groups excluding carboxylic acids is 1. The van der Waals surface area contributed by atoms with E-state index in [0.717, 1.165) is 26.8 Å². The second-order valence-electron chi connectivity index (χ2n) is 6.63. The minimum absolute atomic E-state index is 0.0711. The van der Waals surface area contributed by atoms with Crippen molar-refractivity contribution in [2.24, 2.45) is 0 Å². The summed E-state index contributed by atoms with van der Waals surface area (Å²) in [7, 11) is 0. The van der Waals surface area contributed by atoms with E-state index >= 15 is 0 Å². The Labute approximate surface area is 150 Å². The molecule has 0 spiro atoms. The van der Waals surface area contributed by atoms with Crippen LogP contribution in [0.1, 0.15) is 29.2 Å².